The van der Waals surface area contributed by atoms with Crippen LogP contribution >= 0.6 is 23.2 Å². The minimum atomic E-state index is -0.400. The summed E-state index contributed by atoms with van der Waals surface area (Å²) in [7, 11) is 1.84. The second-order valence-corrected chi connectivity index (χ2v) is 5.48. The van der Waals surface area contributed by atoms with Crippen molar-refractivity contribution in [3.05, 3.63) is 63.9 Å². The van der Waals surface area contributed by atoms with E-state index in [2.05, 4.69) is 5.32 Å². The summed E-state index contributed by atoms with van der Waals surface area (Å²) < 4.78 is 19.1. The van der Waals surface area contributed by atoms with Crippen LogP contribution in [0, 0.1) is 5.82 Å². The highest BCUT2D eigenvalue weighted by Crippen LogP contribution is 2.21. The lowest BCUT2D eigenvalue weighted by Gasteiger charge is -2.18. The number of ether oxygens (including phenoxy) is 1. The number of nitrogens with one attached hydrogen (secondary N) is 1. The van der Waals surface area contributed by atoms with Gasteiger partial charge in [0.1, 0.15) is 18.2 Å². The fraction of sp³-hybridized carbons (Fsp3) is 0.250. The first-order valence-corrected chi connectivity index (χ1v) is 7.34. The van der Waals surface area contributed by atoms with Gasteiger partial charge in [0, 0.05) is 11.1 Å². The second-order valence-electron chi connectivity index (χ2n) is 4.67. The predicted octanol–water partition coefficient (Wildman–Crippen LogP) is 4.34. The first kappa shape index (κ1) is 16.1. The van der Waals surface area contributed by atoms with Gasteiger partial charge in [0.15, 0.2) is 0 Å². The number of halogens is 3. The minimum Gasteiger partial charge on any atom is -0.492 e. The van der Waals surface area contributed by atoms with Crippen molar-refractivity contribution in [3.63, 3.8) is 0 Å². The van der Waals surface area contributed by atoms with Crippen LogP contribution in [-0.4, -0.2) is 19.7 Å². The molecule has 0 aliphatic carbocycles. The summed E-state index contributed by atoms with van der Waals surface area (Å²) >= 11 is 11.8. The molecule has 0 heterocycles. The standard InChI is InChI=1S/C16H16Cl2FNO/c1-20-13(9-11-3-2-4-15(19)16(11)18)10-21-14-7-5-12(17)6-8-14/h2-8,13,20H,9-10H2,1H3. The van der Waals surface area contributed by atoms with Crippen LogP contribution in [0.3, 0.4) is 0 Å². The Labute approximate surface area is 133 Å². The van der Waals surface area contributed by atoms with Crippen LogP contribution in [0.5, 0.6) is 5.75 Å². The maximum absolute atomic E-state index is 13.4. The number of hydrogen-bond acceptors (Lipinski definition) is 2. The van der Waals surface area contributed by atoms with Gasteiger partial charge in [-0.2, -0.15) is 0 Å². The zero-order valence-corrected chi connectivity index (χ0v) is 13.1. The lowest BCUT2D eigenvalue weighted by atomic mass is 10.1. The molecule has 0 bridgehead atoms. The lowest BCUT2D eigenvalue weighted by molar-refractivity contribution is 0.269. The average molecular weight is 328 g/mol. The van der Waals surface area contributed by atoms with E-state index in [9.17, 15) is 4.39 Å². The molecule has 0 amide bonds. The fourth-order valence-corrected chi connectivity index (χ4v) is 2.27. The number of rotatable bonds is 6. The van der Waals surface area contributed by atoms with Crippen molar-refractivity contribution in [3.8, 4) is 5.75 Å². The molecule has 2 aromatic rings. The van der Waals surface area contributed by atoms with Crippen LogP contribution in [0.2, 0.25) is 10.0 Å². The lowest BCUT2D eigenvalue weighted by Crippen LogP contribution is -2.33. The Bertz CT molecular complexity index is 589. The third-order valence-corrected chi connectivity index (χ3v) is 3.85. The van der Waals surface area contributed by atoms with E-state index in [-0.39, 0.29) is 11.1 Å². The molecule has 0 spiro atoms. The van der Waals surface area contributed by atoms with Gasteiger partial charge in [-0.3, -0.25) is 0 Å². The number of likely N-dealkylation sites (N-methyl/N-ethyl adjacent to an activating group) is 1. The molecule has 21 heavy (non-hydrogen) atoms. The van der Waals surface area contributed by atoms with E-state index in [1.807, 2.05) is 25.2 Å². The molecule has 0 saturated carbocycles. The predicted molar refractivity (Wildman–Crippen MR) is 84.9 cm³/mol. The van der Waals surface area contributed by atoms with Crippen molar-refractivity contribution in [1.82, 2.24) is 5.32 Å². The van der Waals surface area contributed by atoms with Crippen LogP contribution < -0.4 is 10.1 Å². The Morgan fingerprint density at radius 3 is 2.52 bits per heavy atom. The van der Waals surface area contributed by atoms with Gasteiger partial charge < -0.3 is 10.1 Å². The van der Waals surface area contributed by atoms with E-state index in [1.54, 1.807) is 18.2 Å². The molecule has 112 valence electrons. The molecule has 2 aromatic carbocycles. The van der Waals surface area contributed by atoms with Crippen molar-refractivity contribution < 1.29 is 9.13 Å². The van der Waals surface area contributed by atoms with Crippen molar-refractivity contribution >= 4 is 23.2 Å². The van der Waals surface area contributed by atoms with E-state index >= 15 is 0 Å². The van der Waals surface area contributed by atoms with Gasteiger partial charge >= 0.3 is 0 Å². The SMILES string of the molecule is CNC(COc1ccc(Cl)cc1)Cc1cccc(F)c1Cl. The van der Waals surface area contributed by atoms with Crippen molar-refractivity contribution in [1.29, 1.82) is 0 Å². The molecule has 1 unspecified atom stereocenters. The Balaban J connectivity index is 1.97. The third kappa shape index (κ3) is 4.60. The van der Waals surface area contributed by atoms with Gasteiger partial charge in [-0.15, -0.1) is 0 Å². The largest absolute Gasteiger partial charge is 0.492 e. The van der Waals surface area contributed by atoms with E-state index in [0.29, 0.717) is 18.1 Å². The Kier molecular flexibility index (Phi) is 5.85. The molecule has 1 atom stereocenters. The highest BCUT2D eigenvalue weighted by atomic mass is 35.5. The molecule has 0 aliphatic heterocycles. The average Bonchev–Trinajstić information content (AvgIpc) is 2.49. The molecule has 0 aliphatic rings. The van der Waals surface area contributed by atoms with E-state index in [1.165, 1.54) is 6.07 Å². The summed E-state index contributed by atoms with van der Waals surface area (Å²) in [6, 6.07) is 12.0. The minimum absolute atomic E-state index is 0.0278. The quantitative estimate of drug-likeness (QED) is 0.852. The third-order valence-electron chi connectivity index (χ3n) is 3.17. The Morgan fingerprint density at radius 2 is 1.86 bits per heavy atom. The maximum Gasteiger partial charge on any atom is 0.142 e. The van der Waals surface area contributed by atoms with Crippen LogP contribution in [0.1, 0.15) is 5.56 Å². The topological polar surface area (TPSA) is 21.3 Å². The van der Waals surface area contributed by atoms with Crippen molar-refractivity contribution in [2.24, 2.45) is 0 Å². The smallest absolute Gasteiger partial charge is 0.142 e. The zero-order valence-electron chi connectivity index (χ0n) is 11.6. The van der Waals surface area contributed by atoms with Crippen molar-refractivity contribution in [2.75, 3.05) is 13.7 Å². The first-order chi connectivity index (χ1) is 10.1. The van der Waals surface area contributed by atoms with Crippen LogP contribution in [-0.2, 0) is 6.42 Å². The van der Waals surface area contributed by atoms with Gasteiger partial charge in [-0.25, -0.2) is 4.39 Å². The molecule has 2 rings (SSSR count). The first-order valence-electron chi connectivity index (χ1n) is 6.58. The second kappa shape index (κ2) is 7.64. The molecule has 0 fully saturated rings. The molecule has 0 saturated heterocycles. The summed E-state index contributed by atoms with van der Waals surface area (Å²) in [5, 5.41) is 3.98. The fourth-order valence-electron chi connectivity index (χ4n) is 1.94. The molecule has 1 N–H and O–H groups in total. The van der Waals surface area contributed by atoms with Gasteiger partial charge in [0.2, 0.25) is 0 Å². The van der Waals surface area contributed by atoms with Crippen LogP contribution in [0.25, 0.3) is 0 Å². The van der Waals surface area contributed by atoms with E-state index in [0.717, 1.165) is 11.3 Å². The normalized spacial score (nSPS) is 12.2. The molecular formula is C16H16Cl2FNO. The number of hydrogen-bond donors (Lipinski definition) is 1. The summed E-state index contributed by atoms with van der Waals surface area (Å²) in [6.07, 6.45) is 0.584. The molecule has 2 nitrogen and oxygen atoms in total. The summed E-state index contributed by atoms with van der Waals surface area (Å²) in [5.74, 6) is 0.340. The maximum atomic E-state index is 13.4. The summed E-state index contributed by atoms with van der Waals surface area (Å²) in [4.78, 5) is 0. The zero-order chi connectivity index (χ0) is 15.2. The van der Waals surface area contributed by atoms with Crippen molar-refractivity contribution in [2.45, 2.75) is 12.5 Å². The van der Waals surface area contributed by atoms with Gasteiger partial charge in [-0.05, 0) is 49.4 Å². The highest BCUT2D eigenvalue weighted by molar-refractivity contribution is 6.31. The molecule has 5 heteroatoms. The molecule has 0 radical (unpaired) electrons. The monoisotopic (exact) mass is 327 g/mol. The van der Waals surface area contributed by atoms with Crippen LogP contribution in [0.4, 0.5) is 4.39 Å². The number of benzene rings is 2. The molecule has 0 aromatic heterocycles. The Morgan fingerprint density at radius 1 is 1.14 bits per heavy atom. The highest BCUT2D eigenvalue weighted by Gasteiger charge is 2.13. The molecular weight excluding hydrogens is 312 g/mol. The van der Waals surface area contributed by atoms with E-state index < -0.39 is 5.82 Å². The summed E-state index contributed by atoms with van der Waals surface area (Å²) in [6.45, 7) is 0.449. The van der Waals surface area contributed by atoms with Gasteiger partial charge in [-0.1, -0.05) is 35.3 Å². The summed E-state index contributed by atoms with van der Waals surface area (Å²) in [5.41, 5.74) is 0.760. The Hall–Kier alpha value is -1.29. The van der Waals surface area contributed by atoms with E-state index in [4.69, 9.17) is 27.9 Å². The van der Waals surface area contributed by atoms with Gasteiger partial charge in [0.05, 0.1) is 5.02 Å². The van der Waals surface area contributed by atoms with Crippen LogP contribution in [0.15, 0.2) is 42.5 Å². The van der Waals surface area contributed by atoms with Gasteiger partial charge in [0.25, 0.3) is 0 Å².